The van der Waals surface area contributed by atoms with Crippen molar-refractivity contribution in [3.05, 3.63) is 71.3 Å². The van der Waals surface area contributed by atoms with Crippen molar-refractivity contribution < 1.29 is 13.2 Å². The molecule has 1 saturated heterocycles. The highest BCUT2D eigenvalue weighted by Crippen LogP contribution is 2.26. The van der Waals surface area contributed by atoms with E-state index in [0.717, 1.165) is 30.8 Å². The van der Waals surface area contributed by atoms with Crippen LogP contribution in [-0.2, 0) is 14.8 Å². The standard InChI is InChI=1S/C26H35N3O3S/c1-5-25(29(33(4,31)32)24-14-13-21(2)22(3)20-24)26(30)28-18-16-27(17-19-28)15-9-12-23-10-7-6-8-11-23/h6-14,20,25H,5,15-19H2,1-4H3/b12-9+/t25-/m0/s1. The number of anilines is 1. The predicted molar refractivity (Wildman–Crippen MR) is 136 cm³/mol. The minimum Gasteiger partial charge on any atom is -0.338 e. The van der Waals surface area contributed by atoms with Crippen LogP contribution in [0.1, 0.15) is 30.0 Å². The van der Waals surface area contributed by atoms with Crippen molar-refractivity contribution in [3.8, 4) is 0 Å². The lowest BCUT2D eigenvalue weighted by Gasteiger charge is -2.38. The Morgan fingerprint density at radius 2 is 1.70 bits per heavy atom. The molecule has 1 amide bonds. The fourth-order valence-electron chi connectivity index (χ4n) is 4.17. The minimum absolute atomic E-state index is 0.124. The molecule has 33 heavy (non-hydrogen) atoms. The second-order valence-electron chi connectivity index (χ2n) is 8.69. The number of sulfonamides is 1. The third-order valence-corrected chi connectivity index (χ3v) is 7.39. The van der Waals surface area contributed by atoms with Gasteiger partial charge in [0.25, 0.3) is 0 Å². The van der Waals surface area contributed by atoms with E-state index in [9.17, 15) is 13.2 Å². The van der Waals surface area contributed by atoms with Crippen molar-refractivity contribution >= 4 is 27.7 Å². The molecular weight excluding hydrogens is 434 g/mol. The first kappa shape index (κ1) is 25.0. The van der Waals surface area contributed by atoms with E-state index >= 15 is 0 Å². The quantitative estimate of drug-likeness (QED) is 0.591. The van der Waals surface area contributed by atoms with Gasteiger partial charge in [0.1, 0.15) is 6.04 Å². The van der Waals surface area contributed by atoms with E-state index in [0.29, 0.717) is 25.2 Å². The zero-order chi connectivity index (χ0) is 24.0. The summed E-state index contributed by atoms with van der Waals surface area (Å²) >= 11 is 0. The molecule has 0 radical (unpaired) electrons. The summed E-state index contributed by atoms with van der Waals surface area (Å²) < 4.78 is 26.8. The fraction of sp³-hybridized carbons (Fsp3) is 0.423. The van der Waals surface area contributed by atoms with Crippen LogP contribution in [0.2, 0.25) is 0 Å². The van der Waals surface area contributed by atoms with Crippen LogP contribution in [0, 0.1) is 13.8 Å². The zero-order valence-corrected chi connectivity index (χ0v) is 20.9. The lowest BCUT2D eigenvalue weighted by Crippen LogP contribution is -2.56. The van der Waals surface area contributed by atoms with Gasteiger partial charge in [0, 0.05) is 32.7 Å². The number of benzene rings is 2. The Labute approximate surface area is 198 Å². The summed E-state index contributed by atoms with van der Waals surface area (Å²) in [4.78, 5) is 17.6. The van der Waals surface area contributed by atoms with Gasteiger partial charge in [-0.2, -0.15) is 0 Å². The molecule has 6 nitrogen and oxygen atoms in total. The molecule has 1 aliphatic rings. The van der Waals surface area contributed by atoms with Crippen LogP contribution in [0.5, 0.6) is 0 Å². The van der Waals surface area contributed by atoms with Crippen molar-refractivity contribution in [2.24, 2.45) is 0 Å². The summed E-state index contributed by atoms with van der Waals surface area (Å²) in [6.45, 7) is 9.36. The van der Waals surface area contributed by atoms with Gasteiger partial charge in [0.2, 0.25) is 15.9 Å². The van der Waals surface area contributed by atoms with Gasteiger partial charge in [-0.15, -0.1) is 0 Å². The molecule has 0 spiro atoms. The van der Waals surface area contributed by atoms with Crippen LogP contribution < -0.4 is 4.31 Å². The van der Waals surface area contributed by atoms with Gasteiger partial charge < -0.3 is 4.90 Å². The highest BCUT2D eigenvalue weighted by atomic mass is 32.2. The molecule has 0 bridgehead atoms. The molecular formula is C26H35N3O3S. The Morgan fingerprint density at radius 3 is 2.27 bits per heavy atom. The molecule has 1 atom stereocenters. The fourth-order valence-corrected chi connectivity index (χ4v) is 5.37. The third-order valence-electron chi connectivity index (χ3n) is 6.21. The van der Waals surface area contributed by atoms with E-state index in [1.54, 1.807) is 6.07 Å². The van der Waals surface area contributed by atoms with Crippen LogP contribution in [0.15, 0.2) is 54.6 Å². The summed E-state index contributed by atoms with van der Waals surface area (Å²) in [5, 5.41) is 0. The Balaban J connectivity index is 1.67. The molecule has 2 aromatic carbocycles. The Morgan fingerprint density at radius 1 is 1.03 bits per heavy atom. The number of aryl methyl sites for hydroxylation is 2. The number of hydrogen-bond donors (Lipinski definition) is 0. The number of amides is 1. The SMILES string of the molecule is CC[C@@H](C(=O)N1CCN(C/C=C/c2ccccc2)CC1)N(c1ccc(C)c(C)c1)S(C)(=O)=O. The number of hydrogen-bond acceptors (Lipinski definition) is 4. The minimum atomic E-state index is -3.63. The number of carbonyl (C=O) groups excluding carboxylic acids is 1. The number of piperazine rings is 1. The van der Waals surface area contributed by atoms with Crippen LogP contribution in [-0.4, -0.2) is 69.1 Å². The van der Waals surface area contributed by atoms with Crippen LogP contribution in [0.3, 0.4) is 0 Å². The molecule has 1 aliphatic heterocycles. The first-order chi connectivity index (χ1) is 15.7. The number of rotatable bonds is 8. The molecule has 1 heterocycles. The first-order valence-electron chi connectivity index (χ1n) is 11.5. The van der Waals surface area contributed by atoms with E-state index in [1.807, 2.05) is 56.0 Å². The van der Waals surface area contributed by atoms with Gasteiger partial charge >= 0.3 is 0 Å². The smallest absolute Gasteiger partial charge is 0.246 e. The molecule has 0 saturated carbocycles. The Bertz CT molecular complexity index is 1080. The zero-order valence-electron chi connectivity index (χ0n) is 20.1. The summed E-state index contributed by atoms with van der Waals surface area (Å²) in [5.74, 6) is -0.124. The third kappa shape index (κ3) is 6.45. The van der Waals surface area contributed by atoms with Crippen LogP contribution >= 0.6 is 0 Å². The summed E-state index contributed by atoms with van der Waals surface area (Å²) in [5.41, 5.74) is 3.81. The number of nitrogens with zero attached hydrogens (tertiary/aromatic N) is 3. The van der Waals surface area contributed by atoms with E-state index in [2.05, 4.69) is 29.2 Å². The average Bonchev–Trinajstić information content (AvgIpc) is 2.79. The van der Waals surface area contributed by atoms with Gasteiger partial charge in [-0.3, -0.25) is 14.0 Å². The monoisotopic (exact) mass is 469 g/mol. The van der Waals surface area contributed by atoms with E-state index in [4.69, 9.17) is 0 Å². The molecule has 0 unspecified atom stereocenters. The molecule has 0 N–H and O–H groups in total. The normalized spacial score (nSPS) is 16.2. The maximum absolute atomic E-state index is 13.4. The lowest BCUT2D eigenvalue weighted by atomic mass is 10.1. The van der Waals surface area contributed by atoms with E-state index in [-0.39, 0.29) is 5.91 Å². The summed E-state index contributed by atoms with van der Waals surface area (Å²) in [6, 6.07) is 15.0. The second-order valence-corrected chi connectivity index (χ2v) is 10.5. The maximum atomic E-state index is 13.4. The molecule has 7 heteroatoms. The second kappa shape index (κ2) is 11.0. The maximum Gasteiger partial charge on any atom is 0.246 e. The van der Waals surface area contributed by atoms with Crippen molar-refractivity contribution in [2.75, 3.05) is 43.3 Å². The van der Waals surface area contributed by atoms with Crippen molar-refractivity contribution in [1.29, 1.82) is 0 Å². The topological polar surface area (TPSA) is 60.9 Å². The van der Waals surface area contributed by atoms with Gasteiger partial charge in [-0.1, -0.05) is 55.5 Å². The molecule has 178 valence electrons. The summed E-state index contributed by atoms with van der Waals surface area (Å²) in [6.07, 6.45) is 5.85. The molecule has 1 fully saturated rings. The first-order valence-corrected chi connectivity index (χ1v) is 13.3. The van der Waals surface area contributed by atoms with Crippen molar-refractivity contribution in [1.82, 2.24) is 9.80 Å². The van der Waals surface area contributed by atoms with E-state index < -0.39 is 16.1 Å². The van der Waals surface area contributed by atoms with E-state index in [1.165, 1.54) is 16.1 Å². The van der Waals surface area contributed by atoms with Gasteiger partial charge in [-0.25, -0.2) is 8.42 Å². The van der Waals surface area contributed by atoms with Crippen molar-refractivity contribution in [3.63, 3.8) is 0 Å². The Kier molecular flexibility index (Phi) is 8.32. The highest BCUT2D eigenvalue weighted by molar-refractivity contribution is 7.92. The molecule has 2 aromatic rings. The van der Waals surface area contributed by atoms with Crippen LogP contribution in [0.25, 0.3) is 6.08 Å². The van der Waals surface area contributed by atoms with Crippen molar-refractivity contribution in [2.45, 2.75) is 33.2 Å². The largest absolute Gasteiger partial charge is 0.338 e. The van der Waals surface area contributed by atoms with Crippen LogP contribution in [0.4, 0.5) is 5.69 Å². The molecule has 0 aromatic heterocycles. The Hall–Kier alpha value is -2.64. The highest BCUT2D eigenvalue weighted by Gasteiger charge is 2.35. The van der Waals surface area contributed by atoms with Gasteiger partial charge in [0.15, 0.2) is 0 Å². The van der Waals surface area contributed by atoms with Gasteiger partial charge in [-0.05, 0) is 49.1 Å². The van der Waals surface area contributed by atoms with Gasteiger partial charge in [0.05, 0.1) is 11.9 Å². The number of carbonyl (C=O) groups is 1. The predicted octanol–water partition coefficient (Wildman–Crippen LogP) is 3.71. The molecule has 3 rings (SSSR count). The summed E-state index contributed by atoms with van der Waals surface area (Å²) in [7, 11) is -3.63. The average molecular weight is 470 g/mol. The lowest BCUT2D eigenvalue weighted by molar-refractivity contribution is -0.134. The molecule has 0 aliphatic carbocycles.